The van der Waals surface area contributed by atoms with E-state index in [2.05, 4.69) is 38.4 Å². The number of hydrogen-bond acceptors (Lipinski definition) is 6. The van der Waals surface area contributed by atoms with Gasteiger partial charge in [-0.2, -0.15) is 0 Å². The van der Waals surface area contributed by atoms with Crippen molar-refractivity contribution < 1.29 is 8.81 Å². The van der Waals surface area contributed by atoms with Gasteiger partial charge < -0.3 is 9.40 Å². The van der Waals surface area contributed by atoms with Gasteiger partial charge in [0, 0.05) is 18.7 Å². The van der Waals surface area contributed by atoms with Crippen molar-refractivity contribution in [2.24, 2.45) is 0 Å². The van der Waals surface area contributed by atoms with Gasteiger partial charge in [-0.15, -0.1) is 5.10 Å². The highest BCUT2D eigenvalue weighted by Crippen LogP contribution is 2.27. The van der Waals surface area contributed by atoms with E-state index < -0.39 is 0 Å². The first kappa shape index (κ1) is 24.6. The Hall–Kier alpha value is -4.11. The fourth-order valence-electron chi connectivity index (χ4n) is 4.72. The second kappa shape index (κ2) is 10.5. The number of hydrogen-bond donors (Lipinski definition) is 1. The second-order valence-corrected chi connectivity index (χ2v) is 9.32. The van der Waals surface area contributed by atoms with Crippen molar-refractivity contribution >= 4 is 10.9 Å². The maximum Gasteiger partial charge on any atom is 0.252 e. The second-order valence-electron chi connectivity index (χ2n) is 9.32. The van der Waals surface area contributed by atoms with Gasteiger partial charge in [0.25, 0.3) is 5.56 Å². The first-order valence-corrected chi connectivity index (χ1v) is 12.3. The summed E-state index contributed by atoms with van der Waals surface area (Å²) in [5, 5.41) is 13.5. The number of pyridine rings is 1. The van der Waals surface area contributed by atoms with E-state index in [1.165, 1.54) is 12.1 Å². The molecule has 0 aliphatic heterocycles. The normalized spacial score (nSPS) is 12.5. The molecule has 0 bridgehead atoms. The number of fused-ring (bicyclic) bond motifs is 1. The highest BCUT2D eigenvalue weighted by Gasteiger charge is 2.26. The first-order chi connectivity index (χ1) is 17.9. The zero-order valence-corrected chi connectivity index (χ0v) is 21.1. The van der Waals surface area contributed by atoms with Gasteiger partial charge in [0.05, 0.1) is 17.8 Å². The first-order valence-electron chi connectivity index (χ1n) is 12.3. The van der Waals surface area contributed by atoms with Crippen LogP contribution in [0.4, 0.5) is 4.39 Å². The quantitative estimate of drug-likeness (QED) is 0.304. The lowest BCUT2D eigenvalue weighted by Crippen LogP contribution is -2.32. The van der Waals surface area contributed by atoms with E-state index in [1.807, 2.05) is 38.1 Å². The molecule has 0 radical (unpaired) electrons. The fourth-order valence-corrected chi connectivity index (χ4v) is 4.72. The lowest BCUT2D eigenvalue weighted by molar-refractivity contribution is 0.161. The van der Waals surface area contributed by atoms with E-state index in [0.29, 0.717) is 37.4 Å². The maximum absolute atomic E-state index is 13.6. The number of aryl methyl sites for hydroxylation is 2. The van der Waals surface area contributed by atoms with Crippen LogP contribution in [0.2, 0.25) is 0 Å². The molecule has 3 heterocycles. The Balaban J connectivity index is 1.53. The van der Waals surface area contributed by atoms with Crippen molar-refractivity contribution in [2.75, 3.05) is 0 Å². The summed E-state index contributed by atoms with van der Waals surface area (Å²) in [7, 11) is 0. The Morgan fingerprint density at radius 2 is 1.92 bits per heavy atom. The van der Waals surface area contributed by atoms with Crippen molar-refractivity contribution in [3.63, 3.8) is 0 Å². The number of aromatic nitrogens is 5. The molecule has 0 saturated carbocycles. The van der Waals surface area contributed by atoms with Crippen molar-refractivity contribution in [3.8, 4) is 0 Å². The maximum atomic E-state index is 13.6. The van der Waals surface area contributed by atoms with Crippen molar-refractivity contribution in [2.45, 2.75) is 52.9 Å². The van der Waals surface area contributed by atoms with E-state index in [1.54, 1.807) is 23.1 Å². The van der Waals surface area contributed by atoms with Crippen LogP contribution < -0.4 is 5.56 Å². The fraction of sp³-hybridized carbons (Fsp3) is 0.286. The van der Waals surface area contributed by atoms with Crippen LogP contribution >= 0.6 is 0 Å². The number of aromatic amines is 1. The van der Waals surface area contributed by atoms with Gasteiger partial charge in [-0.3, -0.25) is 9.69 Å². The molecule has 5 rings (SSSR count). The molecule has 0 amide bonds. The van der Waals surface area contributed by atoms with Crippen LogP contribution in [0.25, 0.3) is 10.9 Å². The SMILES string of the molecule is CCC(c1nnnn1Cc1ccco1)N(Cc1ccc(F)cc1)Cc1cc2ccc(C)c(C)c2[nH]c1=O. The van der Waals surface area contributed by atoms with Gasteiger partial charge in [0.15, 0.2) is 5.82 Å². The third-order valence-electron chi connectivity index (χ3n) is 6.87. The van der Waals surface area contributed by atoms with Crippen LogP contribution in [-0.4, -0.2) is 30.1 Å². The summed E-state index contributed by atoms with van der Waals surface area (Å²) >= 11 is 0. The summed E-state index contributed by atoms with van der Waals surface area (Å²) in [5.41, 5.74) is 4.48. The molecule has 5 aromatic rings. The summed E-state index contributed by atoms with van der Waals surface area (Å²) < 4.78 is 20.8. The van der Waals surface area contributed by atoms with Crippen LogP contribution in [0, 0.1) is 19.7 Å². The number of H-pyrrole nitrogens is 1. The van der Waals surface area contributed by atoms with Crippen molar-refractivity contribution in [3.05, 3.63) is 111 Å². The van der Waals surface area contributed by atoms with Gasteiger partial charge in [0.2, 0.25) is 0 Å². The molecular weight excluding hydrogens is 471 g/mol. The summed E-state index contributed by atoms with van der Waals surface area (Å²) in [6.07, 6.45) is 2.32. The summed E-state index contributed by atoms with van der Waals surface area (Å²) in [6.45, 7) is 7.35. The van der Waals surface area contributed by atoms with E-state index >= 15 is 0 Å². The minimum absolute atomic E-state index is 0.129. The topological polar surface area (TPSA) is 92.8 Å². The molecular formula is C28H29FN6O2. The zero-order chi connectivity index (χ0) is 25.9. The Labute approximate surface area is 213 Å². The third-order valence-corrected chi connectivity index (χ3v) is 6.87. The van der Waals surface area contributed by atoms with Crippen LogP contribution in [-0.2, 0) is 19.6 Å². The van der Waals surface area contributed by atoms with Crippen molar-refractivity contribution in [1.82, 2.24) is 30.1 Å². The molecule has 190 valence electrons. The highest BCUT2D eigenvalue weighted by atomic mass is 19.1. The van der Waals surface area contributed by atoms with E-state index in [9.17, 15) is 9.18 Å². The molecule has 3 aromatic heterocycles. The van der Waals surface area contributed by atoms with Gasteiger partial charge in [-0.25, -0.2) is 9.07 Å². The molecule has 0 spiro atoms. The van der Waals surface area contributed by atoms with Crippen LogP contribution in [0.15, 0.2) is 70.1 Å². The summed E-state index contributed by atoms with van der Waals surface area (Å²) in [6, 6.07) is 16.0. The van der Waals surface area contributed by atoms with Crippen LogP contribution in [0.5, 0.6) is 0 Å². The standard InChI is InChI=1S/C28H29FN6O2/c1-4-25(27-31-32-33-35(27)17-24-6-5-13-37-24)34(15-20-8-11-23(29)12-9-20)16-22-14-21-10-7-18(2)19(3)26(21)30-28(22)36/h5-14,25H,4,15-17H2,1-3H3,(H,30,36). The summed E-state index contributed by atoms with van der Waals surface area (Å²) in [4.78, 5) is 18.5. The molecule has 1 atom stereocenters. The van der Waals surface area contributed by atoms with Crippen LogP contribution in [0.3, 0.4) is 0 Å². The average molecular weight is 501 g/mol. The minimum atomic E-state index is -0.290. The van der Waals surface area contributed by atoms with Gasteiger partial charge in [-0.1, -0.05) is 31.2 Å². The Morgan fingerprint density at radius 3 is 2.65 bits per heavy atom. The molecule has 0 aliphatic rings. The van der Waals surface area contributed by atoms with E-state index in [-0.39, 0.29) is 17.4 Å². The molecule has 37 heavy (non-hydrogen) atoms. The van der Waals surface area contributed by atoms with Crippen LogP contribution in [0.1, 0.15) is 53.2 Å². The van der Waals surface area contributed by atoms with E-state index in [0.717, 1.165) is 33.4 Å². The molecule has 8 nitrogen and oxygen atoms in total. The molecule has 0 aliphatic carbocycles. The predicted molar refractivity (Wildman–Crippen MR) is 138 cm³/mol. The monoisotopic (exact) mass is 500 g/mol. The molecule has 0 fully saturated rings. The number of tetrazole rings is 1. The Bertz CT molecular complexity index is 1560. The lowest BCUT2D eigenvalue weighted by Gasteiger charge is -2.30. The van der Waals surface area contributed by atoms with Gasteiger partial charge >= 0.3 is 0 Å². The Morgan fingerprint density at radius 1 is 1.11 bits per heavy atom. The minimum Gasteiger partial charge on any atom is -0.467 e. The number of benzene rings is 2. The van der Waals surface area contributed by atoms with Gasteiger partial charge in [-0.05, 0) is 83.1 Å². The van der Waals surface area contributed by atoms with Crippen molar-refractivity contribution in [1.29, 1.82) is 0 Å². The number of nitrogens with zero attached hydrogens (tertiary/aromatic N) is 5. The predicted octanol–water partition coefficient (Wildman–Crippen LogP) is 5.07. The molecule has 1 unspecified atom stereocenters. The van der Waals surface area contributed by atoms with Gasteiger partial charge in [0.1, 0.15) is 18.1 Å². The third kappa shape index (κ3) is 5.22. The average Bonchev–Trinajstić information content (AvgIpc) is 3.57. The lowest BCUT2D eigenvalue weighted by atomic mass is 10.0. The Kier molecular flexibility index (Phi) is 6.96. The zero-order valence-electron chi connectivity index (χ0n) is 21.1. The molecule has 0 saturated heterocycles. The largest absolute Gasteiger partial charge is 0.467 e. The molecule has 9 heteroatoms. The molecule has 2 aromatic carbocycles. The summed E-state index contributed by atoms with van der Waals surface area (Å²) in [5.74, 6) is 1.12. The smallest absolute Gasteiger partial charge is 0.252 e. The highest BCUT2D eigenvalue weighted by molar-refractivity contribution is 5.83. The molecule has 1 N–H and O–H groups in total. The number of rotatable bonds is 9. The number of halogens is 1. The number of furan rings is 1. The number of nitrogens with one attached hydrogen (secondary N) is 1. The van der Waals surface area contributed by atoms with E-state index in [4.69, 9.17) is 4.42 Å².